The lowest BCUT2D eigenvalue weighted by atomic mass is 10.0. The van der Waals surface area contributed by atoms with Gasteiger partial charge in [0, 0.05) is 23.3 Å². The van der Waals surface area contributed by atoms with Crippen LogP contribution in [0.15, 0.2) is 71.9 Å². The van der Waals surface area contributed by atoms with E-state index in [0.29, 0.717) is 21.0 Å². The van der Waals surface area contributed by atoms with E-state index in [2.05, 4.69) is 42.2 Å². The monoisotopic (exact) mass is 524 g/mol. The molecule has 5 nitrogen and oxygen atoms in total. The molecule has 0 bridgehead atoms. The van der Waals surface area contributed by atoms with Gasteiger partial charge in [0.25, 0.3) is 0 Å². The Morgan fingerprint density at radius 2 is 1.63 bits per heavy atom. The minimum atomic E-state index is -0.0266. The van der Waals surface area contributed by atoms with Crippen LogP contribution in [0.4, 0.5) is 5.69 Å². The van der Waals surface area contributed by atoms with Crippen molar-refractivity contribution < 1.29 is 4.79 Å². The molecule has 0 radical (unpaired) electrons. The van der Waals surface area contributed by atoms with Gasteiger partial charge in [0.05, 0.1) is 16.5 Å². The smallest absolute Gasteiger partial charge is 0.237 e. The Balaban J connectivity index is 1.78. The lowest BCUT2D eigenvalue weighted by molar-refractivity contribution is -0.115. The summed E-state index contributed by atoms with van der Waals surface area (Å²) in [6, 6.07) is 21.2. The largest absolute Gasteiger partial charge is 0.315 e. The zero-order valence-corrected chi connectivity index (χ0v) is 22.2. The van der Waals surface area contributed by atoms with Crippen molar-refractivity contribution in [1.82, 2.24) is 14.8 Å². The number of halogens is 2. The van der Waals surface area contributed by atoms with Crippen molar-refractivity contribution >= 4 is 46.6 Å². The highest BCUT2D eigenvalue weighted by molar-refractivity contribution is 7.99. The number of carbonyl (C=O) groups is 1. The fourth-order valence-corrected chi connectivity index (χ4v) is 5.28. The number of nitrogens with zero attached hydrogens (tertiary/aromatic N) is 4. The molecule has 4 aromatic rings. The van der Waals surface area contributed by atoms with E-state index in [1.54, 1.807) is 24.1 Å². The van der Waals surface area contributed by atoms with Crippen LogP contribution in [-0.4, -0.2) is 33.5 Å². The highest BCUT2D eigenvalue weighted by Gasteiger charge is 2.23. The maximum atomic E-state index is 13.0. The first-order valence-electron chi connectivity index (χ1n) is 11.4. The second kappa shape index (κ2) is 11.3. The van der Waals surface area contributed by atoms with Gasteiger partial charge < -0.3 is 4.90 Å². The first-order valence-corrected chi connectivity index (χ1v) is 13.1. The van der Waals surface area contributed by atoms with Crippen LogP contribution >= 0.6 is 35.0 Å². The number of hydrogen-bond acceptors (Lipinski definition) is 4. The van der Waals surface area contributed by atoms with E-state index < -0.39 is 0 Å². The second-order valence-electron chi connectivity index (χ2n) is 7.97. The van der Waals surface area contributed by atoms with Crippen molar-refractivity contribution in [3.05, 3.63) is 87.9 Å². The molecule has 4 rings (SSSR count). The molecular formula is C27H26Cl2N4OS. The van der Waals surface area contributed by atoms with Gasteiger partial charge in [0.15, 0.2) is 11.0 Å². The van der Waals surface area contributed by atoms with Gasteiger partial charge in [0.2, 0.25) is 5.91 Å². The first-order chi connectivity index (χ1) is 16.9. The number of thioether (sulfide) groups is 1. The summed E-state index contributed by atoms with van der Waals surface area (Å²) in [7, 11) is 1.78. The predicted molar refractivity (Wildman–Crippen MR) is 146 cm³/mol. The van der Waals surface area contributed by atoms with Crippen molar-refractivity contribution in [2.24, 2.45) is 0 Å². The van der Waals surface area contributed by atoms with Crippen LogP contribution in [0.25, 0.3) is 17.1 Å². The summed E-state index contributed by atoms with van der Waals surface area (Å²) >= 11 is 14.1. The van der Waals surface area contributed by atoms with E-state index in [9.17, 15) is 4.79 Å². The zero-order valence-electron chi connectivity index (χ0n) is 19.8. The maximum Gasteiger partial charge on any atom is 0.237 e. The minimum Gasteiger partial charge on any atom is -0.315 e. The van der Waals surface area contributed by atoms with Gasteiger partial charge in [-0.15, -0.1) is 10.2 Å². The van der Waals surface area contributed by atoms with E-state index in [0.717, 1.165) is 29.8 Å². The number of carbonyl (C=O) groups excluding carboxylic acids is 1. The molecule has 0 aliphatic rings. The molecule has 180 valence electrons. The van der Waals surface area contributed by atoms with Crippen molar-refractivity contribution in [2.75, 3.05) is 17.7 Å². The number of para-hydroxylation sites is 2. The van der Waals surface area contributed by atoms with E-state index in [-0.39, 0.29) is 11.7 Å². The van der Waals surface area contributed by atoms with Crippen LogP contribution < -0.4 is 4.90 Å². The molecule has 0 saturated heterocycles. The third kappa shape index (κ3) is 5.40. The topological polar surface area (TPSA) is 51.0 Å². The van der Waals surface area contributed by atoms with Crippen LogP contribution in [0.1, 0.15) is 25.0 Å². The summed E-state index contributed by atoms with van der Waals surface area (Å²) in [6.45, 7) is 4.26. The van der Waals surface area contributed by atoms with Gasteiger partial charge in [-0.3, -0.25) is 9.36 Å². The van der Waals surface area contributed by atoms with Crippen LogP contribution in [-0.2, 0) is 17.6 Å². The number of rotatable bonds is 8. The van der Waals surface area contributed by atoms with Crippen molar-refractivity contribution in [1.29, 1.82) is 0 Å². The molecule has 35 heavy (non-hydrogen) atoms. The molecule has 0 aliphatic carbocycles. The number of aryl methyl sites for hydroxylation is 2. The van der Waals surface area contributed by atoms with Gasteiger partial charge in [-0.2, -0.15) is 0 Å². The molecule has 1 amide bonds. The molecular weight excluding hydrogens is 499 g/mol. The molecule has 0 N–H and O–H groups in total. The fraction of sp³-hybridized carbons (Fsp3) is 0.222. The van der Waals surface area contributed by atoms with Crippen molar-refractivity contribution in [3.63, 3.8) is 0 Å². The number of amides is 1. The Kier molecular flexibility index (Phi) is 8.16. The summed E-state index contributed by atoms with van der Waals surface area (Å²) in [6.07, 6.45) is 1.68. The molecule has 0 saturated carbocycles. The Hall–Kier alpha value is -2.80. The molecule has 1 aromatic heterocycles. The molecule has 0 unspecified atom stereocenters. The van der Waals surface area contributed by atoms with Gasteiger partial charge in [0.1, 0.15) is 0 Å². The average molecular weight is 526 g/mol. The van der Waals surface area contributed by atoms with E-state index in [4.69, 9.17) is 23.2 Å². The van der Waals surface area contributed by atoms with Crippen molar-refractivity contribution in [2.45, 2.75) is 31.8 Å². The van der Waals surface area contributed by atoms with Crippen LogP contribution in [0, 0.1) is 0 Å². The first kappa shape index (κ1) is 25.3. The van der Waals surface area contributed by atoms with Gasteiger partial charge >= 0.3 is 0 Å². The summed E-state index contributed by atoms with van der Waals surface area (Å²) in [5.74, 6) is 0.808. The van der Waals surface area contributed by atoms with Crippen molar-refractivity contribution in [3.8, 4) is 17.1 Å². The SMILES string of the molecule is CCc1cccc(CC)c1-n1c(SCC(=O)N(C)c2ccccc2)nnc1-c1ccc(Cl)cc1Cl. The van der Waals surface area contributed by atoms with E-state index in [1.165, 1.54) is 22.9 Å². The minimum absolute atomic E-state index is 0.0266. The molecule has 3 aromatic carbocycles. The van der Waals surface area contributed by atoms with E-state index in [1.807, 2.05) is 41.0 Å². The summed E-state index contributed by atoms with van der Waals surface area (Å²) in [4.78, 5) is 14.6. The van der Waals surface area contributed by atoms with E-state index >= 15 is 0 Å². The highest BCUT2D eigenvalue weighted by atomic mass is 35.5. The van der Waals surface area contributed by atoms with Gasteiger partial charge in [-0.25, -0.2) is 0 Å². The van der Waals surface area contributed by atoms with Crippen LogP contribution in [0.3, 0.4) is 0 Å². The summed E-state index contributed by atoms with van der Waals surface area (Å²) < 4.78 is 2.03. The molecule has 8 heteroatoms. The molecule has 1 heterocycles. The quantitative estimate of drug-likeness (QED) is 0.230. The Bertz CT molecular complexity index is 1320. The summed E-state index contributed by atoms with van der Waals surface area (Å²) in [5.41, 5.74) is 4.96. The predicted octanol–water partition coefficient (Wildman–Crippen LogP) is 7.12. The maximum absolute atomic E-state index is 13.0. The second-order valence-corrected chi connectivity index (χ2v) is 9.76. The Morgan fingerprint density at radius 3 is 2.26 bits per heavy atom. The Labute approximate surface area is 220 Å². The molecule has 0 spiro atoms. The molecule has 0 aliphatic heterocycles. The number of anilines is 1. The van der Waals surface area contributed by atoms with Crippen LogP contribution in [0.5, 0.6) is 0 Å². The number of benzene rings is 3. The Morgan fingerprint density at radius 1 is 0.943 bits per heavy atom. The lowest BCUT2D eigenvalue weighted by Crippen LogP contribution is -2.28. The van der Waals surface area contributed by atoms with Crippen LogP contribution in [0.2, 0.25) is 10.0 Å². The van der Waals surface area contributed by atoms with Gasteiger partial charge in [-0.1, -0.05) is 85.2 Å². The molecule has 0 fully saturated rings. The number of hydrogen-bond donors (Lipinski definition) is 0. The lowest BCUT2D eigenvalue weighted by Gasteiger charge is -2.19. The highest BCUT2D eigenvalue weighted by Crippen LogP contribution is 2.36. The molecule has 0 atom stereocenters. The third-order valence-corrected chi connectivity index (χ3v) is 7.30. The fourth-order valence-electron chi connectivity index (χ4n) is 3.93. The number of aromatic nitrogens is 3. The zero-order chi connectivity index (χ0) is 24.9. The summed E-state index contributed by atoms with van der Waals surface area (Å²) in [5, 5.41) is 10.7. The average Bonchev–Trinajstić information content (AvgIpc) is 3.29. The third-order valence-electron chi connectivity index (χ3n) is 5.84. The standard InChI is InChI=1S/C27H26Cl2N4OS/c1-4-18-10-9-11-19(5-2)25(18)33-26(22-15-14-20(28)16-23(22)29)30-31-27(33)35-17-24(34)32(3)21-12-7-6-8-13-21/h6-16H,4-5,17H2,1-3H3. The normalized spacial score (nSPS) is 11.0. The van der Waals surface area contributed by atoms with Gasteiger partial charge in [-0.05, 0) is 54.3 Å².